The highest BCUT2D eigenvalue weighted by atomic mass is 16.5. The first-order chi connectivity index (χ1) is 13.2. The molecule has 0 saturated heterocycles. The molecule has 0 radical (unpaired) electrons. The Labute approximate surface area is 159 Å². The monoisotopic (exact) mass is 356 g/mol. The van der Waals surface area contributed by atoms with Crippen LogP contribution in [0.3, 0.4) is 0 Å². The van der Waals surface area contributed by atoms with Gasteiger partial charge in [-0.05, 0) is 52.1 Å². The maximum Gasteiger partial charge on any atom is 0.161 e. The van der Waals surface area contributed by atoms with Crippen LogP contribution in [0.15, 0.2) is 72.8 Å². The molecule has 3 aromatic rings. The Morgan fingerprint density at radius 3 is 1.93 bits per heavy atom. The van der Waals surface area contributed by atoms with Crippen molar-refractivity contribution in [3.05, 3.63) is 83.9 Å². The van der Waals surface area contributed by atoms with E-state index in [0.29, 0.717) is 17.2 Å². The van der Waals surface area contributed by atoms with E-state index in [-0.39, 0.29) is 0 Å². The maximum atomic E-state index is 9.18. The fraction of sp³-hybridized carbons (Fsp3) is 0.0870. The zero-order valence-corrected chi connectivity index (χ0v) is 15.3. The van der Waals surface area contributed by atoms with Crippen LogP contribution >= 0.6 is 0 Å². The molecule has 3 rings (SSSR count). The van der Waals surface area contributed by atoms with Gasteiger partial charge in [0.1, 0.15) is 0 Å². The van der Waals surface area contributed by atoms with Gasteiger partial charge in [0.05, 0.1) is 20.3 Å². The topological polar surface area (TPSA) is 68.3 Å². The molecule has 0 bridgehead atoms. The molecule has 0 aliphatic rings. The molecule has 0 amide bonds. The summed E-state index contributed by atoms with van der Waals surface area (Å²) in [5.74, 6) is 1.38. The van der Waals surface area contributed by atoms with E-state index in [1.54, 1.807) is 20.3 Å². The number of ether oxygens (including phenoxy) is 2. The Hall–Kier alpha value is -3.71. The van der Waals surface area contributed by atoms with Crippen LogP contribution in [0, 0.1) is 11.3 Å². The van der Waals surface area contributed by atoms with Gasteiger partial charge in [0.25, 0.3) is 0 Å². The largest absolute Gasteiger partial charge is 0.493 e. The van der Waals surface area contributed by atoms with Gasteiger partial charge in [0, 0.05) is 11.8 Å². The van der Waals surface area contributed by atoms with Crippen LogP contribution in [0.2, 0.25) is 0 Å². The van der Waals surface area contributed by atoms with E-state index < -0.39 is 0 Å². The van der Waals surface area contributed by atoms with Crippen molar-refractivity contribution in [1.29, 1.82) is 5.26 Å². The molecule has 2 N–H and O–H groups in total. The molecule has 27 heavy (non-hydrogen) atoms. The van der Waals surface area contributed by atoms with Crippen LogP contribution in [0.1, 0.15) is 11.1 Å². The lowest BCUT2D eigenvalue weighted by Gasteiger charge is -2.11. The molecule has 0 unspecified atom stereocenters. The fourth-order valence-electron chi connectivity index (χ4n) is 2.92. The van der Waals surface area contributed by atoms with Crippen LogP contribution in [0.5, 0.6) is 11.5 Å². The number of nitrogens with two attached hydrogens (primary N) is 1. The summed E-state index contributed by atoms with van der Waals surface area (Å²) in [6.45, 7) is 0. The van der Waals surface area contributed by atoms with Crippen LogP contribution < -0.4 is 15.2 Å². The third-order valence-electron chi connectivity index (χ3n) is 4.34. The van der Waals surface area contributed by atoms with E-state index in [1.807, 2.05) is 66.7 Å². The second kappa shape index (κ2) is 8.11. The molecule has 0 heterocycles. The first-order valence-electron chi connectivity index (χ1n) is 8.45. The summed E-state index contributed by atoms with van der Waals surface area (Å²) in [5.41, 5.74) is 11.3. The summed E-state index contributed by atoms with van der Waals surface area (Å²) in [7, 11) is 3.24. The van der Waals surface area contributed by atoms with Crippen molar-refractivity contribution in [3.8, 4) is 28.7 Å². The molecule has 0 aliphatic heterocycles. The molecule has 0 aliphatic carbocycles. The quantitative estimate of drug-likeness (QED) is 0.521. The van der Waals surface area contributed by atoms with E-state index >= 15 is 0 Å². The van der Waals surface area contributed by atoms with E-state index in [0.717, 1.165) is 27.8 Å². The molecule has 0 aromatic heterocycles. The van der Waals surface area contributed by atoms with Gasteiger partial charge < -0.3 is 15.2 Å². The number of allylic oxidation sites excluding steroid dienone is 1. The number of nitriles is 1. The summed E-state index contributed by atoms with van der Waals surface area (Å²) in [5, 5.41) is 9.18. The number of nitrogens with zero attached hydrogens (tertiary/aromatic N) is 1. The second-order valence-electron chi connectivity index (χ2n) is 5.96. The predicted octanol–water partition coefficient (Wildman–Crippen LogP) is 4.91. The zero-order chi connectivity index (χ0) is 19.2. The average Bonchev–Trinajstić information content (AvgIpc) is 2.72. The molecule has 0 spiro atoms. The third kappa shape index (κ3) is 3.94. The fourth-order valence-corrected chi connectivity index (χ4v) is 2.92. The minimum Gasteiger partial charge on any atom is -0.493 e. The Balaban J connectivity index is 1.95. The minimum atomic E-state index is 0.686. The first-order valence-corrected chi connectivity index (χ1v) is 8.45. The number of methoxy groups -OCH3 is 2. The van der Waals surface area contributed by atoms with Gasteiger partial charge in [-0.2, -0.15) is 5.26 Å². The Bertz CT molecular complexity index is 998. The maximum absolute atomic E-state index is 9.18. The summed E-state index contributed by atoms with van der Waals surface area (Å²) in [4.78, 5) is 0. The van der Waals surface area contributed by atoms with Crippen molar-refractivity contribution < 1.29 is 9.47 Å². The Morgan fingerprint density at radius 2 is 1.37 bits per heavy atom. The van der Waals surface area contributed by atoms with Crippen molar-refractivity contribution in [2.75, 3.05) is 20.0 Å². The third-order valence-corrected chi connectivity index (χ3v) is 4.34. The molecular formula is C23H20N2O2. The number of hydrogen-bond acceptors (Lipinski definition) is 4. The van der Waals surface area contributed by atoms with Crippen molar-refractivity contribution in [1.82, 2.24) is 0 Å². The van der Waals surface area contributed by atoms with Crippen molar-refractivity contribution in [2.24, 2.45) is 0 Å². The van der Waals surface area contributed by atoms with Crippen LogP contribution in [0.4, 0.5) is 5.69 Å². The molecule has 0 atom stereocenters. The smallest absolute Gasteiger partial charge is 0.161 e. The minimum absolute atomic E-state index is 0.686. The van der Waals surface area contributed by atoms with Crippen LogP contribution in [-0.2, 0) is 0 Å². The molecule has 4 heteroatoms. The first kappa shape index (κ1) is 18.1. The number of anilines is 1. The predicted molar refractivity (Wildman–Crippen MR) is 109 cm³/mol. The van der Waals surface area contributed by atoms with Gasteiger partial charge in [-0.1, -0.05) is 42.5 Å². The summed E-state index contributed by atoms with van der Waals surface area (Å²) >= 11 is 0. The van der Waals surface area contributed by atoms with E-state index in [4.69, 9.17) is 15.2 Å². The molecule has 134 valence electrons. The van der Waals surface area contributed by atoms with Gasteiger partial charge in [-0.15, -0.1) is 0 Å². The van der Waals surface area contributed by atoms with Gasteiger partial charge in [0.15, 0.2) is 11.5 Å². The van der Waals surface area contributed by atoms with Gasteiger partial charge in [-0.3, -0.25) is 0 Å². The van der Waals surface area contributed by atoms with E-state index in [1.165, 1.54) is 0 Å². The normalized spacial score (nSPS) is 10.9. The standard InChI is InChI=1S/C23H20N2O2/c1-26-22-12-9-19(15-23(22)27-2)16-3-5-17(6-4-16)21(13-14-24)18-7-10-20(25)11-8-18/h3-13,15H,25H2,1-2H3. The van der Waals surface area contributed by atoms with E-state index in [2.05, 4.69) is 6.07 Å². The van der Waals surface area contributed by atoms with Crippen molar-refractivity contribution >= 4 is 11.3 Å². The van der Waals surface area contributed by atoms with Crippen molar-refractivity contribution in [2.45, 2.75) is 0 Å². The van der Waals surface area contributed by atoms with Gasteiger partial charge in [-0.25, -0.2) is 0 Å². The van der Waals surface area contributed by atoms with Gasteiger partial charge in [0.2, 0.25) is 0 Å². The Kier molecular flexibility index (Phi) is 5.44. The zero-order valence-electron chi connectivity index (χ0n) is 15.3. The molecule has 3 aromatic carbocycles. The highest BCUT2D eigenvalue weighted by Gasteiger charge is 2.08. The average molecular weight is 356 g/mol. The molecule has 4 nitrogen and oxygen atoms in total. The number of nitrogen functional groups attached to an aromatic ring is 1. The second-order valence-corrected chi connectivity index (χ2v) is 5.96. The summed E-state index contributed by atoms with van der Waals surface area (Å²) in [6.07, 6.45) is 1.55. The number of benzene rings is 3. The lowest BCUT2D eigenvalue weighted by molar-refractivity contribution is 0.355. The van der Waals surface area contributed by atoms with Crippen LogP contribution in [0.25, 0.3) is 16.7 Å². The molecular weight excluding hydrogens is 336 g/mol. The lowest BCUT2D eigenvalue weighted by Crippen LogP contribution is -1.92. The van der Waals surface area contributed by atoms with Crippen LogP contribution in [-0.4, -0.2) is 14.2 Å². The summed E-state index contributed by atoms with van der Waals surface area (Å²) in [6, 6.07) is 23.5. The number of rotatable bonds is 5. The van der Waals surface area contributed by atoms with Crippen molar-refractivity contribution in [3.63, 3.8) is 0 Å². The lowest BCUT2D eigenvalue weighted by atomic mass is 9.95. The highest BCUT2D eigenvalue weighted by Crippen LogP contribution is 2.33. The summed E-state index contributed by atoms with van der Waals surface area (Å²) < 4.78 is 10.7. The number of hydrogen-bond donors (Lipinski definition) is 1. The van der Waals surface area contributed by atoms with E-state index in [9.17, 15) is 5.26 Å². The molecule has 0 fully saturated rings. The highest BCUT2D eigenvalue weighted by molar-refractivity contribution is 5.82. The molecule has 0 saturated carbocycles. The SMILES string of the molecule is COc1ccc(-c2ccc(C(=CC#N)c3ccc(N)cc3)cc2)cc1OC. The Morgan fingerprint density at radius 1 is 0.815 bits per heavy atom. The van der Waals surface area contributed by atoms with Gasteiger partial charge >= 0.3 is 0 Å².